The van der Waals surface area contributed by atoms with Crippen LogP contribution in [0.1, 0.15) is 5.56 Å². The zero-order chi connectivity index (χ0) is 16.1. The lowest BCUT2D eigenvalue weighted by Crippen LogP contribution is -2.29. The van der Waals surface area contributed by atoms with Crippen LogP contribution in [0, 0.1) is 5.92 Å². The quantitative estimate of drug-likeness (QED) is 0.866. The molecule has 3 rings (SSSR count). The molecule has 2 atom stereocenters. The van der Waals surface area contributed by atoms with Crippen molar-refractivity contribution in [2.24, 2.45) is 5.92 Å². The summed E-state index contributed by atoms with van der Waals surface area (Å²) in [4.78, 5) is 12.5. The van der Waals surface area contributed by atoms with Crippen LogP contribution in [0.2, 0.25) is 0 Å². The molecular weight excluding hydrogens is 296 g/mol. The van der Waals surface area contributed by atoms with E-state index in [1.165, 1.54) is 12.7 Å². The van der Waals surface area contributed by atoms with Gasteiger partial charge in [-0.3, -0.25) is 4.98 Å². The average Bonchev–Trinajstić information content (AvgIpc) is 3.02. The number of hydrogen-bond donors (Lipinski definition) is 1. The first-order chi connectivity index (χ1) is 11.3. The van der Waals surface area contributed by atoms with Crippen LogP contribution in [0.5, 0.6) is 11.9 Å². The molecule has 2 aromatic heterocycles. The summed E-state index contributed by atoms with van der Waals surface area (Å²) in [5, 5.41) is 3.41. The van der Waals surface area contributed by atoms with Gasteiger partial charge in [0.15, 0.2) is 0 Å². The Kier molecular flexibility index (Phi) is 4.87. The molecule has 1 N–H and O–H groups in total. The van der Waals surface area contributed by atoms with E-state index in [1.54, 1.807) is 13.2 Å². The molecule has 1 fully saturated rings. The first-order valence-corrected chi connectivity index (χ1v) is 7.48. The maximum Gasteiger partial charge on any atom is 0.321 e. The molecule has 0 unspecified atom stereocenters. The Morgan fingerprint density at radius 1 is 1.17 bits per heavy atom. The fourth-order valence-corrected chi connectivity index (χ4v) is 2.64. The molecule has 23 heavy (non-hydrogen) atoms. The van der Waals surface area contributed by atoms with Crippen molar-refractivity contribution in [1.29, 1.82) is 0 Å². The van der Waals surface area contributed by atoms with E-state index in [0.717, 1.165) is 13.0 Å². The molecule has 2 aromatic rings. The number of nitrogens with zero attached hydrogens (tertiary/aromatic N) is 3. The van der Waals surface area contributed by atoms with Crippen molar-refractivity contribution in [3.8, 4) is 11.9 Å². The van der Waals surface area contributed by atoms with Gasteiger partial charge < -0.3 is 19.5 Å². The lowest BCUT2D eigenvalue weighted by atomic mass is 9.95. The van der Waals surface area contributed by atoms with Crippen molar-refractivity contribution < 1.29 is 14.2 Å². The third-order valence-electron chi connectivity index (χ3n) is 3.85. The molecule has 0 aromatic carbocycles. The van der Waals surface area contributed by atoms with Gasteiger partial charge in [0.2, 0.25) is 5.88 Å². The normalized spacial score (nSPS) is 20.3. The Balaban J connectivity index is 1.71. The van der Waals surface area contributed by atoms with Gasteiger partial charge in [0.05, 0.1) is 33.5 Å². The first kappa shape index (κ1) is 15.5. The van der Waals surface area contributed by atoms with Crippen molar-refractivity contribution in [2.45, 2.75) is 12.5 Å². The Labute approximate surface area is 135 Å². The lowest BCUT2D eigenvalue weighted by molar-refractivity contribution is 0.185. The van der Waals surface area contributed by atoms with E-state index in [4.69, 9.17) is 14.2 Å². The van der Waals surface area contributed by atoms with Crippen molar-refractivity contribution in [3.05, 3.63) is 36.2 Å². The van der Waals surface area contributed by atoms with Crippen molar-refractivity contribution in [3.63, 3.8) is 0 Å². The fourth-order valence-electron chi connectivity index (χ4n) is 2.64. The number of nitrogens with one attached hydrogen (secondary N) is 1. The maximum atomic E-state index is 5.64. The summed E-state index contributed by atoms with van der Waals surface area (Å²) >= 11 is 0. The first-order valence-electron chi connectivity index (χ1n) is 7.48. The number of rotatable bonds is 6. The van der Waals surface area contributed by atoms with E-state index in [0.29, 0.717) is 24.2 Å². The van der Waals surface area contributed by atoms with Crippen LogP contribution in [0.15, 0.2) is 30.6 Å². The highest BCUT2D eigenvalue weighted by molar-refractivity contribution is 5.41. The van der Waals surface area contributed by atoms with E-state index in [2.05, 4.69) is 20.3 Å². The molecule has 1 aliphatic heterocycles. The molecule has 0 aliphatic carbocycles. The van der Waals surface area contributed by atoms with Crippen molar-refractivity contribution in [1.82, 2.24) is 15.0 Å². The Bertz CT molecular complexity index is 616. The van der Waals surface area contributed by atoms with Gasteiger partial charge in [-0.15, -0.1) is 0 Å². The molecule has 7 nitrogen and oxygen atoms in total. The number of anilines is 1. The third-order valence-corrected chi connectivity index (χ3v) is 3.85. The zero-order valence-electron chi connectivity index (χ0n) is 13.2. The minimum absolute atomic E-state index is 0.174. The summed E-state index contributed by atoms with van der Waals surface area (Å²) in [5.41, 5.74) is 1.25. The van der Waals surface area contributed by atoms with Crippen molar-refractivity contribution in [2.75, 3.05) is 32.8 Å². The molecule has 0 amide bonds. The highest BCUT2D eigenvalue weighted by Crippen LogP contribution is 2.24. The Morgan fingerprint density at radius 2 is 2.00 bits per heavy atom. The maximum absolute atomic E-state index is 5.64. The zero-order valence-corrected chi connectivity index (χ0v) is 13.2. The topological polar surface area (TPSA) is 78.4 Å². The standard InChI is InChI=1S/C16H20N4O3/c1-21-15-8-14(19-16(20-15)22-2)18-13-10-23-9-12(13)7-11-3-5-17-6-4-11/h3-6,8,12-13H,7,9-10H2,1-2H3,(H,18,19,20)/t12-,13-/m1/s1. The van der Waals surface area contributed by atoms with Crippen LogP contribution < -0.4 is 14.8 Å². The van der Waals surface area contributed by atoms with E-state index in [9.17, 15) is 0 Å². The predicted octanol–water partition coefficient (Wildman–Crippen LogP) is 1.56. The van der Waals surface area contributed by atoms with Gasteiger partial charge in [-0.1, -0.05) is 0 Å². The van der Waals surface area contributed by atoms with Crippen LogP contribution in [0.4, 0.5) is 5.82 Å². The van der Waals surface area contributed by atoms with Gasteiger partial charge >= 0.3 is 6.01 Å². The average molecular weight is 316 g/mol. The summed E-state index contributed by atoms with van der Waals surface area (Å²) in [6, 6.07) is 6.27. The molecular formula is C16H20N4O3. The molecule has 1 aliphatic rings. The third kappa shape index (κ3) is 3.87. The molecule has 0 spiro atoms. The van der Waals surface area contributed by atoms with Gasteiger partial charge in [-0.2, -0.15) is 9.97 Å². The largest absolute Gasteiger partial charge is 0.481 e. The molecule has 1 saturated heterocycles. The second-order valence-electron chi connectivity index (χ2n) is 5.39. The lowest BCUT2D eigenvalue weighted by Gasteiger charge is -2.20. The second-order valence-corrected chi connectivity index (χ2v) is 5.39. The number of aromatic nitrogens is 3. The van der Waals surface area contributed by atoms with Crippen molar-refractivity contribution >= 4 is 5.82 Å². The van der Waals surface area contributed by atoms with Crippen LogP contribution in [-0.4, -0.2) is 48.4 Å². The number of ether oxygens (including phenoxy) is 3. The molecule has 122 valence electrons. The summed E-state index contributed by atoms with van der Waals surface area (Å²) < 4.78 is 15.9. The monoisotopic (exact) mass is 316 g/mol. The van der Waals surface area contributed by atoms with Gasteiger partial charge in [-0.05, 0) is 24.1 Å². The van der Waals surface area contributed by atoms with Crippen LogP contribution >= 0.6 is 0 Å². The summed E-state index contributed by atoms with van der Waals surface area (Å²) in [6.07, 6.45) is 4.56. The van der Waals surface area contributed by atoms with Gasteiger partial charge in [0, 0.05) is 24.4 Å². The number of hydrogen-bond acceptors (Lipinski definition) is 7. The Hall–Kier alpha value is -2.41. The second kappa shape index (κ2) is 7.23. The minimum atomic E-state index is 0.174. The highest BCUT2D eigenvalue weighted by Gasteiger charge is 2.29. The SMILES string of the molecule is COc1cc(N[C@@H]2COC[C@H]2Cc2ccncc2)nc(OC)n1. The van der Waals surface area contributed by atoms with E-state index in [1.807, 2.05) is 24.5 Å². The molecule has 3 heterocycles. The van der Waals surface area contributed by atoms with Gasteiger partial charge in [-0.25, -0.2) is 0 Å². The predicted molar refractivity (Wildman–Crippen MR) is 84.8 cm³/mol. The van der Waals surface area contributed by atoms with Crippen LogP contribution in [0.3, 0.4) is 0 Å². The van der Waals surface area contributed by atoms with E-state index >= 15 is 0 Å². The number of pyridine rings is 1. The molecule has 0 saturated carbocycles. The number of methoxy groups -OCH3 is 2. The van der Waals surface area contributed by atoms with E-state index in [-0.39, 0.29) is 12.1 Å². The van der Waals surface area contributed by atoms with E-state index < -0.39 is 0 Å². The summed E-state index contributed by atoms with van der Waals surface area (Å²) in [7, 11) is 3.10. The van der Waals surface area contributed by atoms with Gasteiger partial charge in [0.25, 0.3) is 0 Å². The van der Waals surface area contributed by atoms with Crippen LogP contribution in [-0.2, 0) is 11.2 Å². The highest BCUT2D eigenvalue weighted by atomic mass is 16.5. The summed E-state index contributed by atoms with van der Waals surface area (Å²) in [6.45, 7) is 1.36. The van der Waals surface area contributed by atoms with Gasteiger partial charge in [0.1, 0.15) is 5.82 Å². The van der Waals surface area contributed by atoms with Crippen LogP contribution in [0.25, 0.3) is 0 Å². The molecule has 0 radical (unpaired) electrons. The fraction of sp³-hybridized carbons (Fsp3) is 0.438. The Morgan fingerprint density at radius 3 is 2.74 bits per heavy atom. The molecule has 0 bridgehead atoms. The smallest absolute Gasteiger partial charge is 0.321 e. The molecule has 7 heteroatoms. The summed E-state index contributed by atoms with van der Waals surface area (Å²) in [5.74, 6) is 1.50. The minimum Gasteiger partial charge on any atom is -0.481 e.